The fourth-order valence-corrected chi connectivity index (χ4v) is 0.982. The maximum absolute atomic E-state index is 5.25. The van der Waals surface area contributed by atoms with Crippen molar-refractivity contribution in [3.05, 3.63) is 11.6 Å². The minimum atomic E-state index is -0.138. The number of rotatable bonds is 4. The fourth-order valence-electron chi connectivity index (χ4n) is 0.982. The van der Waals surface area contributed by atoms with Gasteiger partial charge in [0.25, 0.3) is 0 Å². The second kappa shape index (κ2) is 4.52. The largest absolute Gasteiger partial charge is 0.375 e. The van der Waals surface area contributed by atoms with Crippen molar-refractivity contribution in [3.63, 3.8) is 0 Å². The lowest BCUT2D eigenvalue weighted by atomic mass is 10.1. The van der Waals surface area contributed by atoms with Gasteiger partial charge in [-0.15, -0.1) is 0 Å². The molecular formula is C9H19NO. The van der Waals surface area contributed by atoms with Crippen molar-refractivity contribution in [3.8, 4) is 0 Å². The van der Waals surface area contributed by atoms with Crippen LogP contribution < -0.4 is 5.32 Å². The van der Waals surface area contributed by atoms with E-state index in [9.17, 15) is 0 Å². The molecule has 2 nitrogen and oxygen atoms in total. The van der Waals surface area contributed by atoms with Crippen LogP contribution in [0.4, 0.5) is 0 Å². The molecule has 66 valence electrons. The van der Waals surface area contributed by atoms with Crippen LogP contribution in [0.25, 0.3) is 0 Å². The van der Waals surface area contributed by atoms with Gasteiger partial charge >= 0.3 is 0 Å². The Morgan fingerprint density at radius 2 is 2.09 bits per heavy atom. The Morgan fingerprint density at radius 3 is 2.45 bits per heavy atom. The first kappa shape index (κ1) is 10.7. The summed E-state index contributed by atoms with van der Waals surface area (Å²) in [7, 11) is 3.67. The third kappa shape index (κ3) is 4.99. The van der Waals surface area contributed by atoms with Crippen LogP contribution in [0.3, 0.4) is 0 Å². The van der Waals surface area contributed by atoms with Crippen molar-refractivity contribution < 1.29 is 4.74 Å². The lowest BCUT2D eigenvalue weighted by Crippen LogP contribution is -2.21. The molecule has 0 amide bonds. The predicted octanol–water partition coefficient (Wildman–Crippen LogP) is 1.58. The van der Waals surface area contributed by atoms with E-state index >= 15 is 0 Å². The molecule has 0 radical (unpaired) electrons. The van der Waals surface area contributed by atoms with Crippen LogP contribution in [0.1, 0.15) is 20.8 Å². The minimum absolute atomic E-state index is 0.138. The number of hydrogen-bond donors (Lipinski definition) is 1. The van der Waals surface area contributed by atoms with Crippen LogP contribution >= 0.6 is 0 Å². The molecule has 0 saturated carbocycles. The van der Waals surface area contributed by atoms with E-state index in [1.54, 1.807) is 7.11 Å². The average molecular weight is 157 g/mol. The molecule has 0 aliphatic rings. The number of nitrogens with one attached hydrogen (secondary N) is 1. The molecular weight excluding hydrogens is 138 g/mol. The second-order valence-electron chi connectivity index (χ2n) is 3.33. The molecule has 2 heteroatoms. The molecule has 0 heterocycles. The van der Waals surface area contributed by atoms with Crippen LogP contribution in [-0.4, -0.2) is 26.3 Å². The average Bonchev–Trinajstić information content (AvgIpc) is 1.87. The van der Waals surface area contributed by atoms with Gasteiger partial charge in [0.2, 0.25) is 0 Å². The van der Waals surface area contributed by atoms with E-state index in [0.29, 0.717) is 0 Å². The molecule has 0 aromatic heterocycles. The van der Waals surface area contributed by atoms with E-state index in [0.717, 1.165) is 6.54 Å². The van der Waals surface area contributed by atoms with Crippen molar-refractivity contribution in [1.82, 2.24) is 5.32 Å². The van der Waals surface area contributed by atoms with Crippen molar-refractivity contribution in [2.75, 3.05) is 20.7 Å². The van der Waals surface area contributed by atoms with Gasteiger partial charge in [-0.3, -0.25) is 0 Å². The molecule has 11 heavy (non-hydrogen) atoms. The second-order valence-corrected chi connectivity index (χ2v) is 3.33. The van der Waals surface area contributed by atoms with Gasteiger partial charge in [-0.1, -0.05) is 11.6 Å². The summed E-state index contributed by atoms with van der Waals surface area (Å²) in [6.45, 7) is 7.11. The lowest BCUT2D eigenvalue weighted by molar-refractivity contribution is 0.0648. The number of hydrogen-bond acceptors (Lipinski definition) is 2. The Hall–Kier alpha value is -0.340. The summed E-state index contributed by atoms with van der Waals surface area (Å²) in [6, 6.07) is 0. The monoisotopic (exact) mass is 157 g/mol. The summed E-state index contributed by atoms with van der Waals surface area (Å²) < 4.78 is 5.25. The number of methoxy groups -OCH3 is 1. The highest BCUT2D eigenvalue weighted by atomic mass is 16.5. The summed E-state index contributed by atoms with van der Waals surface area (Å²) in [5.41, 5.74) is 1.17. The van der Waals surface area contributed by atoms with Gasteiger partial charge < -0.3 is 10.1 Å². The lowest BCUT2D eigenvalue weighted by Gasteiger charge is -2.19. The van der Waals surface area contributed by atoms with Crippen LogP contribution in [0.15, 0.2) is 11.6 Å². The van der Waals surface area contributed by atoms with Gasteiger partial charge in [0.05, 0.1) is 5.60 Å². The molecule has 0 aromatic rings. The number of likely N-dealkylation sites (N-methyl/N-ethyl adjacent to an activating group) is 1. The summed E-state index contributed by atoms with van der Waals surface area (Å²) in [6.07, 6.45) is 2.13. The van der Waals surface area contributed by atoms with Crippen molar-refractivity contribution in [2.24, 2.45) is 0 Å². The smallest absolute Gasteiger partial charge is 0.0805 e. The molecule has 0 aliphatic heterocycles. The zero-order valence-corrected chi connectivity index (χ0v) is 8.19. The molecule has 0 unspecified atom stereocenters. The highest BCUT2D eigenvalue weighted by molar-refractivity contribution is 5.07. The molecule has 1 N–H and O–H groups in total. The minimum Gasteiger partial charge on any atom is -0.375 e. The molecule has 0 spiro atoms. The normalized spacial score (nSPS) is 13.7. The Morgan fingerprint density at radius 1 is 1.55 bits per heavy atom. The van der Waals surface area contributed by atoms with Crippen molar-refractivity contribution in [2.45, 2.75) is 26.4 Å². The van der Waals surface area contributed by atoms with E-state index in [-0.39, 0.29) is 5.60 Å². The third-order valence-corrected chi connectivity index (χ3v) is 1.58. The molecule has 0 bridgehead atoms. The van der Waals surface area contributed by atoms with Crippen LogP contribution in [0, 0.1) is 0 Å². The first-order valence-corrected chi connectivity index (χ1v) is 3.90. The zero-order valence-electron chi connectivity index (χ0n) is 8.19. The standard InChI is InChI=1S/C9H19NO/c1-8(7-10-4)6-9(2,3)11-5/h6,10H,7H2,1-5H3/b8-6+. The van der Waals surface area contributed by atoms with Crippen molar-refractivity contribution in [1.29, 1.82) is 0 Å². The molecule has 0 rings (SSSR count). The topological polar surface area (TPSA) is 21.3 Å². The van der Waals surface area contributed by atoms with E-state index < -0.39 is 0 Å². The molecule has 0 atom stereocenters. The van der Waals surface area contributed by atoms with Crippen LogP contribution in [-0.2, 0) is 4.74 Å². The van der Waals surface area contributed by atoms with E-state index in [2.05, 4.69) is 18.3 Å². The highest BCUT2D eigenvalue weighted by Gasteiger charge is 2.11. The van der Waals surface area contributed by atoms with Crippen LogP contribution in [0.5, 0.6) is 0 Å². The third-order valence-electron chi connectivity index (χ3n) is 1.58. The molecule has 0 fully saturated rings. The zero-order chi connectivity index (χ0) is 8.91. The molecule has 0 saturated heterocycles. The molecule has 0 aliphatic carbocycles. The fraction of sp³-hybridized carbons (Fsp3) is 0.778. The van der Waals surface area contributed by atoms with E-state index in [4.69, 9.17) is 4.74 Å². The quantitative estimate of drug-likeness (QED) is 0.625. The van der Waals surface area contributed by atoms with Gasteiger partial charge in [-0.25, -0.2) is 0 Å². The predicted molar refractivity (Wildman–Crippen MR) is 48.8 cm³/mol. The van der Waals surface area contributed by atoms with E-state index in [1.165, 1.54) is 5.57 Å². The SMILES string of the molecule is CNC/C(C)=C/C(C)(C)OC. The summed E-state index contributed by atoms with van der Waals surface area (Å²) in [4.78, 5) is 0. The van der Waals surface area contributed by atoms with Crippen molar-refractivity contribution >= 4 is 0 Å². The van der Waals surface area contributed by atoms with Gasteiger partial charge in [0, 0.05) is 13.7 Å². The van der Waals surface area contributed by atoms with Gasteiger partial charge in [-0.2, -0.15) is 0 Å². The first-order chi connectivity index (χ1) is 5.02. The Kier molecular flexibility index (Phi) is 4.38. The summed E-state index contributed by atoms with van der Waals surface area (Å²) in [5.74, 6) is 0. The van der Waals surface area contributed by atoms with E-state index in [1.807, 2.05) is 20.9 Å². The highest BCUT2D eigenvalue weighted by Crippen LogP contribution is 2.11. The summed E-state index contributed by atoms with van der Waals surface area (Å²) >= 11 is 0. The Balaban J connectivity index is 4.05. The molecule has 0 aromatic carbocycles. The first-order valence-electron chi connectivity index (χ1n) is 3.90. The van der Waals surface area contributed by atoms with Gasteiger partial charge in [0.15, 0.2) is 0 Å². The Labute approximate surface area is 69.6 Å². The summed E-state index contributed by atoms with van der Waals surface area (Å²) in [5, 5.41) is 3.09. The van der Waals surface area contributed by atoms with Gasteiger partial charge in [-0.05, 0) is 27.8 Å². The number of ether oxygens (including phenoxy) is 1. The Bertz CT molecular complexity index is 138. The van der Waals surface area contributed by atoms with Crippen LogP contribution in [0.2, 0.25) is 0 Å². The maximum Gasteiger partial charge on any atom is 0.0805 e. The maximum atomic E-state index is 5.25. The van der Waals surface area contributed by atoms with Gasteiger partial charge in [0.1, 0.15) is 0 Å².